The van der Waals surface area contributed by atoms with Crippen LogP contribution in [0.3, 0.4) is 0 Å². The third-order valence-corrected chi connectivity index (χ3v) is 4.29. The first-order valence-corrected chi connectivity index (χ1v) is 5.80. The molecule has 3 fully saturated rings. The van der Waals surface area contributed by atoms with E-state index in [9.17, 15) is 4.79 Å². The fourth-order valence-corrected chi connectivity index (χ4v) is 3.30. The molecule has 0 aromatic rings. The maximum atomic E-state index is 11.9. The second-order valence-corrected chi connectivity index (χ2v) is 5.13. The molecule has 2 atom stereocenters. The first-order valence-electron chi connectivity index (χ1n) is 5.80. The lowest BCUT2D eigenvalue weighted by Crippen LogP contribution is -2.53. The van der Waals surface area contributed by atoms with Gasteiger partial charge in [0.05, 0.1) is 0 Å². The van der Waals surface area contributed by atoms with Gasteiger partial charge in [-0.05, 0) is 31.2 Å². The maximum Gasteiger partial charge on any atom is 0.226 e. The van der Waals surface area contributed by atoms with Crippen LogP contribution in [0.5, 0.6) is 0 Å². The summed E-state index contributed by atoms with van der Waals surface area (Å²) in [5, 5.41) is 0. The molecule has 3 rings (SSSR count). The van der Waals surface area contributed by atoms with Gasteiger partial charge in [-0.25, -0.2) is 0 Å². The third-order valence-electron chi connectivity index (χ3n) is 4.29. The highest BCUT2D eigenvalue weighted by Gasteiger charge is 2.58. The lowest BCUT2D eigenvalue weighted by atomic mass is 9.99. The summed E-state index contributed by atoms with van der Waals surface area (Å²) in [7, 11) is 0. The Bertz CT molecular complexity index is 250. The molecule has 1 heterocycles. The summed E-state index contributed by atoms with van der Waals surface area (Å²) in [5.74, 6) is 2.96. The van der Waals surface area contributed by atoms with E-state index in [1.54, 1.807) is 0 Å². The van der Waals surface area contributed by atoms with Gasteiger partial charge >= 0.3 is 0 Å². The monoisotopic (exact) mass is 194 g/mol. The molecule has 3 aliphatic rings. The number of carbonyl (C=O) groups excluding carboxylic acids is 1. The third kappa shape index (κ3) is 1.11. The van der Waals surface area contributed by atoms with Crippen LogP contribution in [-0.2, 0) is 4.79 Å². The highest BCUT2D eigenvalue weighted by Crippen LogP contribution is 2.58. The lowest BCUT2D eigenvalue weighted by Gasteiger charge is -2.39. The summed E-state index contributed by atoms with van der Waals surface area (Å²) in [6.45, 7) is 2.58. The average molecular weight is 194 g/mol. The van der Waals surface area contributed by atoms with Crippen molar-refractivity contribution in [3.63, 3.8) is 0 Å². The predicted octanol–water partition coefficient (Wildman–Crippen LogP) is 0.450. The molecule has 0 radical (unpaired) electrons. The Morgan fingerprint density at radius 3 is 2.50 bits per heavy atom. The molecular weight excluding hydrogens is 176 g/mol. The Morgan fingerprint density at radius 1 is 1.29 bits per heavy atom. The van der Waals surface area contributed by atoms with E-state index in [1.165, 1.54) is 19.3 Å². The zero-order valence-corrected chi connectivity index (χ0v) is 8.48. The lowest BCUT2D eigenvalue weighted by molar-refractivity contribution is -0.139. The quantitative estimate of drug-likeness (QED) is 0.693. The predicted molar refractivity (Wildman–Crippen MR) is 53.4 cm³/mol. The minimum atomic E-state index is 0.419. The Balaban J connectivity index is 1.53. The fourth-order valence-electron chi connectivity index (χ4n) is 3.30. The van der Waals surface area contributed by atoms with Crippen molar-refractivity contribution in [2.75, 3.05) is 19.6 Å². The summed E-state index contributed by atoms with van der Waals surface area (Å²) in [6, 6.07) is 0. The van der Waals surface area contributed by atoms with Crippen LogP contribution in [0.25, 0.3) is 0 Å². The molecule has 0 bridgehead atoms. The van der Waals surface area contributed by atoms with E-state index in [0.29, 0.717) is 17.7 Å². The molecule has 2 saturated carbocycles. The van der Waals surface area contributed by atoms with Gasteiger partial charge in [0, 0.05) is 24.9 Å². The summed E-state index contributed by atoms with van der Waals surface area (Å²) in [5.41, 5.74) is 5.54. The molecule has 2 N–H and O–H groups in total. The second kappa shape index (κ2) is 2.96. The standard InChI is InChI=1S/C11H18N2O/c12-4-7-5-13(6-7)11(14)10-8-2-1-3-9(8)10/h7-10H,1-6,12H2. The van der Waals surface area contributed by atoms with Crippen molar-refractivity contribution in [3.05, 3.63) is 0 Å². The Kier molecular flexibility index (Phi) is 1.84. The van der Waals surface area contributed by atoms with Crippen molar-refractivity contribution in [1.29, 1.82) is 0 Å². The maximum absolute atomic E-state index is 11.9. The van der Waals surface area contributed by atoms with Crippen LogP contribution < -0.4 is 5.73 Å². The van der Waals surface area contributed by atoms with Crippen molar-refractivity contribution in [1.82, 2.24) is 4.90 Å². The van der Waals surface area contributed by atoms with Gasteiger partial charge in [0.2, 0.25) is 5.91 Å². The number of nitrogens with zero attached hydrogens (tertiary/aromatic N) is 1. The van der Waals surface area contributed by atoms with Gasteiger partial charge in [0.1, 0.15) is 0 Å². The summed E-state index contributed by atoms with van der Waals surface area (Å²) < 4.78 is 0. The van der Waals surface area contributed by atoms with Crippen molar-refractivity contribution < 1.29 is 4.79 Å². The van der Waals surface area contributed by atoms with E-state index in [-0.39, 0.29) is 0 Å². The molecule has 2 unspecified atom stereocenters. The molecule has 1 aliphatic heterocycles. The summed E-state index contributed by atoms with van der Waals surface area (Å²) >= 11 is 0. The van der Waals surface area contributed by atoms with Crippen LogP contribution in [0.1, 0.15) is 19.3 Å². The Morgan fingerprint density at radius 2 is 1.93 bits per heavy atom. The second-order valence-electron chi connectivity index (χ2n) is 5.13. The summed E-state index contributed by atoms with van der Waals surface area (Å²) in [6.07, 6.45) is 3.95. The minimum absolute atomic E-state index is 0.419. The molecule has 1 amide bonds. The van der Waals surface area contributed by atoms with Crippen LogP contribution in [0.15, 0.2) is 0 Å². The first-order chi connectivity index (χ1) is 6.81. The Labute approximate surface area is 84.6 Å². The van der Waals surface area contributed by atoms with E-state index in [1.807, 2.05) is 4.90 Å². The van der Waals surface area contributed by atoms with E-state index >= 15 is 0 Å². The van der Waals surface area contributed by atoms with Crippen LogP contribution in [-0.4, -0.2) is 30.4 Å². The molecule has 14 heavy (non-hydrogen) atoms. The van der Waals surface area contributed by atoms with Crippen LogP contribution in [0.4, 0.5) is 0 Å². The van der Waals surface area contributed by atoms with Crippen molar-refractivity contribution in [3.8, 4) is 0 Å². The van der Waals surface area contributed by atoms with E-state index in [2.05, 4.69) is 0 Å². The molecule has 1 saturated heterocycles. The minimum Gasteiger partial charge on any atom is -0.342 e. The number of carbonyl (C=O) groups is 1. The highest BCUT2D eigenvalue weighted by atomic mass is 16.2. The highest BCUT2D eigenvalue weighted by molar-refractivity contribution is 5.83. The zero-order chi connectivity index (χ0) is 9.71. The van der Waals surface area contributed by atoms with Gasteiger partial charge < -0.3 is 10.6 Å². The molecule has 3 heteroatoms. The molecule has 0 aromatic heterocycles. The SMILES string of the molecule is NCC1CN(C(=O)C2C3CCCC32)C1. The van der Waals surface area contributed by atoms with Crippen molar-refractivity contribution in [2.24, 2.45) is 29.4 Å². The van der Waals surface area contributed by atoms with Crippen molar-refractivity contribution in [2.45, 2.75) is 19.3 Å². The number of amides is 1. The zero-order valence-electron chi connectivity index (χ0n) is 8.48. The number of hydrogen-bond acceptors (Lipinski definition) is 2. The van der Waals surface area contributed by atoms with Gasteiger partial charge in [-0.2, -0.15) is 0 Å². The van der Waals surface area contributed by atoms with Gasteiger partial charge in [-0.1, -0.05) is 6.42 Å². The molecule has 2 aliphatic carbocycles. The van der Waals surface area contributed by atoms with Crippen molar-refractivity contribution >= 4 is 5.91 Å². The number of likely N-dealkylation sites (tertiary alicyclic amines) is 1. The van der Waals surface area contributed by atoms with Gasteiger partial charge in [0.15, 0.2) is 0 Å². The molecule has 0 spiro atoms. The van der Waals surface area contributed by atoms with E-state index < -0.39 is 0 Å². The van der Waals surface area contributed by atoms with Crippen LogP contribution in [0.2, 0.25) is 0 Å². The molecule has 0 aromatic carbocycles. The number of hydrogen-bond donors (Lipinski definition) is 1. The molecule has 3 nitrogen and oxygen atoms in total. The van der Waals surface area contributed by atoms with E-state index in [4.69, 9.17) is 5.73 Å². The van der Waals surface area contributed by atoms with Crippen LogP contribution in [0, 0.1) is 23.7 Å². The smallest absolute Gasteiger partial charge is 0.226 e. The molecular formula is C11H18N2O. The Hall–Kier alpha value is -0.570. The van der Waals surface area contributed by atoms with Gasteiger partial charge in [0.25, 0.3) is 0 Å². The van der Waals surface area contributed by atoms with Gasteiger partial charge in [-0.15, -0.1) is 0 Å². The molecule has 78 valence electrons. The topological polar surface area (TPSA) is 46.3 Å². The average Bonchev–Trinajstić information content (AvgIpc) is 2.58. The number of fused-ring (bicyclic) bond motifs is 1. The normalized spacial score (nSPS) is 40.6. The number of rotatable bonds is 2. The summed E-state index contributed by atoms with van der Waals surface area (Å²) in [4.78, 5) is 14.0. The fraction of sp³-hybridized carbons (Fsp3) is 0.909. The first kappa shape index (κ1) is 8.72. The largest absolute Gasteiger partial charge is 0.342 e. The van der Waals surface area contributed by atoms with Crippen LogP contribution >= 0.6 is 0 Å². The van der Waals surface area contributed by atoms with Gasteiger partial charge in [-0.3, -0.25) is 4.79 Å². The van der Waals surface area contributed by atoms with E-state index in [0.717, 1.165) is 31.5 Å². The number of nitrogens with two attached hydrogens (primary N) is 1.